The molecule has 2 aromatic carbocycles. The first-order valence-corrected chi connectivity index (χ1v) is 7.53. The van der Waals surface area contributed by atoms with Gasteiger partial charge >= 0.3 is 5.97 Å². The lowest BCUT2D eigenvalue weighted by molar-refractivity contribution is -0.385. The van der Waals surface area contributed by atoms with Crippen LogP contribution in [0.15, 0.2) is 36.4 Å². The maximum absolute atomic E-state index is 12.2. The van der Waals surface area contributed by atoms with Gasteiger partial charge in [-0.2, -0.15) is 5.26 Å². The van der Waals surface area contributed by atoms with Crippen molar-refractivity contribution in [2.75, 3.05) is 18.7 Å². The highest BCUT2D eigenvalue weighted by Gasteiger charge is 2.28. The van der Waals surface area contributed by atoms with Crippen molar-refractivity contribution in [2.24, 2.45) is 0 Å². The van der Waals surface area contributed by atoms with E-state index in [1.807, 2.05) is 6.07 Å². The number of nitro benzene ring substituents is 1. The Morgan fingerprint density at radius 3 is 2.67 bits per heavy atom. The van der Waals surface area contributed by atoms with E-state index in [1.54, 1.807) is 12.1 Å². The van der Waals surface area contributed by atoms with Gasteiger partial charge in [0.25, 0.3) is 11.6 Å². The predicted octanol–water partition coefficient (Wildman–Crippen LogP) is 1.99. The maximum Gasteiger partial charge on any atom is 0.345 e. The molecule has 3 rings (SSSR count). The van der Waals surface area contributed by atoms with Gasteiger partial charge in [-0.25, -0.2) is 4.79 Å². The second-order valence-electron chi connectivity index (χ2n) is 5.26. The fourth-order valence-electron chi connectivity index (χ4n) is 2.33. The monoisotopic (exact) mass is 369 g/mol. The maximum atomic E-state index is 12.2. The van der Waals surface area contributed by atoms with Crippen molar-refractivity contribution in [3.63, 3.8) is 0 Å². The van der Waals surface area contributed by atoms with Crippen LogP contribution in [0.4, 0.5) is 11.4 Å². The molecule has 2 aromatic rings. The van der Waals surface area contributed by atoms with Crippen LogP contribution in [0, 0.1) is 21.4 Å². The normalized spacial score (nSPS) is 11.4. The van der Waals surface area contributed by atoms with E-state index in [-0.39, 0.29) is 35.1 Å². The number of nitrogens with zero attached hydrogens (tertiary/aromatic N) is 2. The van der Waals surface area contributed by atoms with Crippen LogP contribution in [-0.4, -0.2) is 30.2 Å². The molecule has 0 aliphatic carbocycles. The van der Waals surface area contributed by atoms with E-state index < -0.39 is 29.1 Å². The molecule has 1 N–H and O–H groups in total. The van der Waals surface area contributed by atoms with Crippen molar-refractivity contribution < 1.29 is 28.7 Å². The molecule has 10 nitrogen and oxygen atoms in total. The molecule has 0 spiro atoms. The molecule has 0 atom stereocenters. The minimum atomic E-state index is -1.07. The van der Waals surface area contributed by atoms with Gasteiger partial charge in [0.05, 0.1) is 22.2 Å². The summed E-state index contributed by atoms with van der Waals surface area (Å²) in [6.07, 6.45) is 0. The van der Waals surface area contributed by atoms with Gasteiger partial charge in [0.1, 0.15) is 11.6 Å². The van der Waals surface area contributed by atoms with E-state index >= 15 is 0 Å². The number of esters is 1. The number of nitro groups is 1. The van der Waals surface area contributed by atoms with Crippen LogP contribution in [0.5, 0.6) is 11.5 Å². The van der Waals surface area contributed by atoms with Crippen molar-refractivity contribution in [3.05, 3.63) is 57.6 Å². The van der Waals surface area contributed by atoms with Crippen LogP contribution in [-0.2, 0) is 9.53 Å². The highest BCUT2D eigenvalue weighted by atomic mass is 16.7. The van der Waals surface area contributed by atoms with Crippen LogP contribution in [0.2, 0.25) is 0 Å². The lowest BCUT2D eigenvalue weighted by atomic mass is 10.1. The van der Waals surface area contributed by atoms with Gasteiger partial charge < -0.3 is 19.5 Å². The molecule has 0 aromatic heterocycles. The Morgan fingerprint density at radius 2 is 1.96 bits per heavy atom. The summed E-state index contributed by atoms with van der Waals surface area (Å²) in [6, 6.07) is 10.4. The summed E-state index contributed by atoms with van der Waals surface area (Å²) in [5, 5.41) is 22.6. The van der Waals surface area contributed by atoms with E-state index in [9.17, 15) is 19.7 Å². The van der Waals surface area contributed by atoms with Gasteiger partial charge in [-0.15, -0.1) is 0 Å². The number of amides is 1. The van der Waals surface area contributed by atoms with Crippen molar-refractivity contribution in [2.45, 2.75) is 0 Å². The Labute approximate surface area is 152 Å². The van der Waals surface area contributed by atoms with Crippen molar-refractivity contribution in [3.8, 4) is 17.6 Å². The molecular weight excluding hydrogens is 358 g/mol. The fourth-order valence-corrected chi connectivity index (χ4v) is 2.33. The Balaban J connectivity index is 1.70. The molecule has 136 valence electrons. The molecule has 1 amide bonds. The first-order valence-electron chi connectivity index (χ1n) is 7.53. The number of anilines is 1. The third-order valence-electron chi connectivity index (χ3n) is 3.56. The molecule has 1 aliphatic heterocycles. The number of nitriles is 1. The smallest absolute Gasteiger partial charge is 0.345 e. The lowest BCUT2D eigenvalue weighted by Crippen LogP contribution is -2.21. The molecule has 27 heavy (non-hydrogen) atoms. The molecule has 0 saturated carbocycles. The van der Waals surface area contributed by atoms with Gasteiger partial charge in [0, 0.05) is 6.07 Å². The van der Waals surface area contributed by atoms with Crippen molar-refractivity contribution in [1.82, 2.24) is 0 Å². The van der Waals surface area contributed by atoms with Crippen LogP contribution in [0.25, 0.3) is 0 Å². The van der Waals surface area contributed by atoms with E-state index in [0.29, 0.717) is 0 Å². The number of carbonyl (C=O) groups excluding carboxylic acids is 2. The number of rotatable bonds is 5. The highest BCUT2D eigenvalue weighted by Crippen LogP contribution is 2.38. The van der Waals surface area contributed by atoms with E-state index in [2.05, 4.69) is 5.32 Å². The fraction of sp³-hybridized carbons (Fsp3) is 0.118. The topological polar surface area (TPSA) is 141 Å². The van der Waals surface area contributed by atoms with E-state index in [4.69, 9.17) is 19.5 Å². The van der Waals surface area contributed by atoms with Gasteiger partial charge in [0.15, 0.2) is 18.1 Å². The zero-order valence-corrected chi connectivity index (χ0v) is 13.6. The second-order valence-corrected chi connectivity index (χ2v) is 5.26. The largest absolute Gasteiger partial charge is 0.454 e. The van der Waals surface area contributed by atoms with Gasteiger partial charge in [-0.05, 0) is 12.1 Å². The quantitative estimate of drug-likeness (QED) is 0.479. The lowest BCUT2D eigenvalue weighted by Gasteiger charge is -2.08. The van der Waals surface area contributed by atoms with Crippen molar-refractivity contribution >= 4 is 23.3 Å². The summed E-state index contributed by atoms with van der Waals surface area (Å²) in [4.78, 5) is 34.5. The average Bonchev–Trinajstić information content (AvgIpc) is 3.13. The molecule has 0 unspecified atom stereocenters. The number of para-hydroxylation sites is 1. The summed E-state index contributed by atoms with van der Waals surface area (Å²) in [5.74, 6) is -1.46. The van der Waals surface area contributed by atoms with E-state index in [0.717, 1.165) is 12.1 Å². The third kappa shape index (κ3) is 3.77. The van der Waals surface area contributed by atoms with Crippen molar-refractivity contribution in [1.29, 1.82) is 5.26 Å². The number of hydrogen-bond donors (Lipinski definition) is 1. The second kappa shape index (κ2) is 7.40. The molecule has 0 bridgehead atoms. The van der Waals surface area contributed by atoms with Crippen LogP contribution >= 0.6 is 0 Å². The number of hydrogen-bond acceptors (Lipinski definition) is 8. The Kier molecular flexibility index (Phi) is 4.85. The molecule has 10 heteroatoms. The van der Waals surface area contributed by atoms with Gasteiger partial charge in [-0.3, -0.25) is 14.9 Å². The van der Waals surface area contributed by atoms with Crippen LogP contribution in [0.1, 0.15) is 15.9 Å². The first-order chi connectivity index (χ1) is 13.0. The summed E-state index contributed by atoms with van der Waals surface area (Å²) >= 11 is 0. The number of benzene rings is 2. The number of nitrogens with one attached hydrogen (secondary N) is 1. The molecule has 0 saturated heterocycles. The molecule has 1 heterocycles. The molecule has 0 radical (unpaired) electrons. The summed E-state index contributed by atoms with van der Waals surface area (Å²) < 4.78 is 15.0. The van der Waals surface area contributed by atoms with Crippen LogP contribution in [0.3, 0.4) is 0 Å². The van der Waals surface area contributed by atoms with E-state index in [1.165, 1.54) is 12.1 Å². The predicted molar refractivity (Wildman–Crippen MR) is 89.3 cm³/mol. The molecule has 0 fully saturated rings. The Bertz CT molecular complexity index is 981. The number of ether oxygens (including phenoxy) is 3. The Hall–Kier alpha value is -4.13. The highest BCUT2D eigenvalue weighted by molar-refractivity contribution is 5.98. The molecule has 1 aliphatic rings. The van der Waals surface area contributed by atoms with Gasteiger partial charge in [0.2, 0.25) is 6.79 Å². The summed E-state index contributed by atoms with van der Waals surface area (Å²) in [5.41, 5.74) is -0.396. The Morgan fingerprint density at radius 1 is 1.26 bits per heavy atom. The zero-order valence-electron chi connectivity index (χ0n) is 13.6. The average molecular weight is 369 g/mol. The minimum absolute atomic E-state index is 0.119. The number of fused-ring (bicyclic) bond motifs is 1. The summed E-state index contributed by atoms with van der Waals surface area (Å²) in [6.45, 7) is -0.810. The summed E-state index contributed by atoms with van der Waals surface area (Å²) in [7, 11) is 0. The van der Waals surface area contributed by atoms with Gasteiger partial charge in [-0.1, -0.05) is 12.1 Å². The standard InChI is InChI=1S/C17H11N3O7/c18-7-10-3-1-2-4-12(10)19-16(21)8-25-17(22)11-5-14-15(27-9-26-14)6-13(11)20(23)24/h1-6H,8-9H2,(H,19,21). The zero-order chi connectivity index (χ0) is 19.4. The SMILES string of the molecule is N#Cc1ccccc1NC(=O)COC(=O)c1cc2c(cc1[N+](=O)[O-])OCO2. The minimum Gasteiger partial charge on any atom is -0.454 e. The number of carbonyl (C=O) groups is 2. The molecular formula is C17H11N3O7. The first kappa shape index (κ1) is 17.7. The van der Waals surface area contributed by atoms with Crippen LogP contribution < -0.4 is 14.8 Å². The third-order valence-corrected chi connectivity index (χ3v) is 3.56.